The zero-order valence-electron chi connectivity index (χ0n) is 11.4. The van der Waals surface area contributed by atoms with E-state index >= 15 is 0 Å². The fourth-order valence-corrected chi connectivity index (χ4v) is 2.08. The molecule has 0 radical (unpaired) electrons. The van der Waals surface area contributed by atoms with Crippen molar-refractivity contribution in [2.24, 2.45) is 0 Å². The number of amides is 3. The van der Waals surface area contributed by atoms with Crippen molar-refractivity contribution in [1.82, 2.24) is 15.1 Å². The highest BCUT2D eigenvalue weighted by Crippen LogP contribution is 2.19. The predicted octanol–water partition coefficient (Wildman–Crippen LogP) is 0.113. The van der Waals surface area contributed by atoms with Crippen LogP contribution in [0.2, 0.25) is 0 Å². The van der Waals surface area contributed by atoms with Crippen molar-refractivity contribution in [3.63, 3.8) is 0 Å². The lowest BCUT2D eigenvalue weighted by atomic mass is 10.1. The molecule has 2 N–H and O–H groups in total. The number of carboxylic acid groups (broad SMARTS) is 1. The molecule has 7 nitrogen and oxygen atoms in total. The van der Waals surface area contributed by atoms with E-state index in [1.54, 1.807) is 7.05 Å². The number of hydrogen-bond donors (Lipinski definition) is 2. The Bertz CT molecular complexity index is 359. The molecule has 108 valence electrons. The third-order valence-corrected chi connectivity index (χ3v) is 3.34. The number of likely N-dealkylation sites (N-methyl/N-ethyl adjacent to an activating group) is 1. The van der Waals surface area contributed by atoms with Crippen LogP contribution in [0, 0.1) is 0 Å². The van der Waals surface area contributed by atoms with Crippen LogP contribution >= 0.6 is 0 Å². The van der Waals surface area contributed by atoms with Gasteiger partial charge in [0.2, 0.25) is 5.91 Å². The number of hydrogen-bond acceptors (Lipinski definition) is 3. The Balaban J connectivity index is 2.44. The lowest BCUT2D eigenvalue weighted by Gasteiger charge is -2.24. The molecule has 0 spiro atoms. The van der Waals surface area contributed by atoms with E-state index in [-0.39, 0.29) is 30.9 Å². The van der Waals surface area contributed by atoms with Crippen LogP contribution in [0.3, 0.4) is 0 Å². The highest BCUT2D eigenvalue weighted by atomic mass is 16.4. The number of carbonyl (C=O) groups excluding carboxylic acids is 2. The Morgan fingerprint density at radius 2 is 2.11 bits per heavy atom. The first-order chi connectivity index (χ1) is 8.95. The van der Waals surface area contributed by atoms with Crippen molar-refractivity contribution >= 4 is 17.9 Å². The van der Waals surface area contributed by atoms with Gasteiger partial charge in [-0.25, -0.2) is 4.79 Å². The van der Waals surface area contributed by atoms with E-state index in [1.165, 1.54) is 9.80 Å². The van der Waals surface area contributed by atoms with Gasteiger partial charge in [-0.15, -0.1) is 0 Å². The summed E-state index contributed by atoms with van der Waals surface area (Å²) in [5.74, 6) is -1.07. The topological polar surface area (TPSA) is 90.0 Å². The van der Waals surface area contributed by atoms with Gasteiger partial charge in [0, 0.05) is 26.2 Å². The number of carboxylic acids is 1. The number of carbonyl (C=O) groups is 3. The number of aliphatic carboxylic acids is 1. The Morgan fingerprint density at radius 1 is 1.42 bits per heavy atom. The molecule has 1 aliphatic rings. The van der Waals surface area contributed by atoms with Gasteiger partial charge in [0.1, 0.15) is 0 Å². The van der Waals surface area contributed by atoms with E-state index in [1.807, 2.05) is 6.92 Å². The van der Waals surface area contributed by atoms with Gasteiger partial charge < -0.3 is 20.2 Å². The van der Waals surface area contributed by atoms with Crippen LogP contribution in [0.25, 0.3) is 0 Å². The van der Waals surface area contributed by atoms with Gasteiger partial charge in [-0.1, -0.05) is 0 Å². The molecule has 0 aromatic carbocycles. The molecule has 3 amide bonds. The fraction of sp³-hybridized carbons (Fsp3) is 0.750. The second-order valence-electron chi connectivity index (χ2n) is 4.65. The van der Waals surface area contributed by atoms with Gasteiger partial charge >= 0.3 is 12.0 Å². The summed E-state index contributed by atoms with van der Waals surface area (Å²) in [6.45, 7) is 2.92. The summed E-state index contributed by atoms with van der Waals surface area (Å²) in [4.78, 5) is 37.2. The van der Waals surface area contributed by atoms with Crippen LogP contribution < -0.4 is 5.32 Å². The number of urea groups is 1. The summed E-state index contributed by atoms with van der Waals surface area (Å²) in [7, 11) is 1.66. The minimum Gasteiger partial charge on any atom is -0.481 e. The fourth-order valence-electron chi connectivity index (χ4n) is 2.08. The largest absolute Gasteiger partial charge is 0.481 e. The van der Waals surface area contributed by atoms with Gasteiger partial charge in [-0.2, -0.15) is 0 Å². The number of nitrogens with zero attached hydrogens (tertiary/aromatic N) is 2. The van der Waals surface area contributed by atoms with Crippen LogP contribution in [-0.2, 0) is 9.59 Å². The maximum atomic E-state index is 11.9. The van der Waals surface area contributed by atoms with Gasteiger partial charge in [0.25, 0.3) is 0 Å². The standard InChI is InChI=1S/C12H21N3O4/c1-3-14(2)10(16)8-13-12(19)15-6-4-5-9(15)7-11(17)18/h9H,3-8H2,1-2H3,(H,13,19)(H,17,18). The van der Waals surface area contributed by atoms with Gasteiger partial charge in [-0.3, -0.25) is 9.59 Å². The van der Waals surface area contributed by atoms with E-state index in [0.29, 0.717) is 19.5 Å². The zero-order valence-corrected chi connectivity index (χ0v) is 11.4. The van der Waals surface area contributed by atoms with Crippen LogP contribution in [0.5, 0.6) is 0 Å². The van der Waals surface area contributed by atoms with Crippen LogP contribution in [-0.4, -0.2) is 65.5 Å². The highest BCUT2D eigenvalue weighted by Gasteiger charge is 2.30. The minimum atomic E-state index is -0.911. The number of likely N-dealkylation sites (tertiary alicyclic amines) is 1. The third kappa shape index (κ3) is 4.42. The SMILES string of the molecule is CCN(C)C(=O)CNC(=O)N1CCCC1CC(=O)O. The molecule has 0 bridgehead atoms. The van der Waals surface area contributed by atoms with E-state index in [0.717, 1.165) is 6.42 Å². The molecule has 1 rings (SSSR count). The Labute approximate surface area is 112 Å². The van der Waals surface area contributed by atoms with Gasteiger partial charge in [-0.05, 0) is 19.8 Å². The second-order valence-corrected chi connectivity index (χ2v) is 4.65. The molecule has 1 fully saturated rings. The smallest absolute Gasteiger partial charge is 0.318 e. The van der Waals surface area contributed by atoms with Crippen LogP contribution in [0.1, 0.15) is 26.2 Å². The Morgan fingerprint density at radius 3 is 2.68 bits per heavy atom. The van der Waals surface area contributed by atoms with Crippen molar-refractivity contribution in [2.75, 3.05) is 26.7 Å². The summed E-state index contributed by atoms with van der Waals surface area (Å²) in [6, 6.07) is -0.627. The summed E-state index contributed by atoms with van der Waals surface area (Å²) >= 11 is 0. The van der Waals surface area contributed by atoms with E-state index < -0.39 is 5.97 Å². The molecule has 0 aliphatic carbocycles. The van der Waals surface area contributed by atoms with Crippen LogP contribution in [0.4, 0.5) is 4.79 Å². The average Bonchev–Trinajstić information content (AvgIpc) is 2.81. The quantitative estimate of drug-likeness (QED) is 0.743. The zero-order chi connectivity index (χ0) is 14.4. The van der Waals surface area contributed by atoms with Crippen LogP contribution in [0.15, 0.2) is 0 Å². The Hall–Kier alpha value is -1.79. The summed E-state index contributed by atoms with van der Waals surface area (Å²) < 4.78 is 0. The predicted molar refractivity (Wildman–Crippen MR) is 68.7 cm³/mol. The minimum absolute atomic E-state index is 0.0454. The van der Waals surface area contributed by atoms with Crippen molar-refractivity contribution in [3.05, 3.63) is 0 Å². The molecule has 0 aromatic rings. The lowest BCUT2D eigenvalue weighted by molar-refractivity contribution is -0.138. The molecule has 19 heavy (non-hydrogen) atoms. The molecule has 1 heterocycles. The summed E-state index contributed by atoms with van der Waals surface area (Å²) in [5.41, 5.74) is 0. The van der Waals surface area contributed by atoms with Gasteiger partial charge in [0.05, 0.1) is 13.0 Å². The molecule has 1 saturated heterocycles. The molecular formula is C12H21N3O4. The van der Waals surface area contributed by atoms with E-state index in [9.17, 15) is 14.4 Å². The van der Waals surface area contributed by atoms with Crippen molar-refractivity contribution in [2.45, 2.75) is 32.2 Å². The average molecular weight is 271 g/mol. The monoisotopic (exact) mass is 271 g/mol. The number of nitrogens with one attached hydrogen (secondary N) is 1. The van der Waals surface area contributed by atoms with Crippen molar-refractivity contribution in [3.8, 4) is 0 Å². The second kappa shape index (κ2) is 6.96. The van der Waals surface area contributed by atoms with Gasteiger partial charge in [0.15, 0.2) is 0 Å². The lowest BCUT2D eigenvalue weighted by Crippen LogP contribution is -2.47. The molecule has 7 heteroatoms. The molecule has 1 unspecified atom stereocenters. The molecule has 0 aromatic heterocycles. The summed E-state index contributed by atoms with van der Waals surface area (Å²) in [5, 5.41) is 11.3. The Kier molecular flexibility index (Phi) is 5.59. The van der Waals surface area contributed by atoms with E-state index in [4.69, 9.17) is 5.11 Å². The molecule has 1 atom stereocenters. The molecule has 1 aliphatic heterocycles. The maximum Gasteiger partial charge on any atom is 0.318 e. The first-order valence-electron chi connectivity index (χ1n) is 6.46. The molecular weight excluding hydrogens is 250 g/mol. The highest BCUT2D eigenvalue weighted by molar-refractivity contribution is 5.84. The van der Waals surface area contributed by atoms with E-state index in [2.05, 4.69) is 5.32 Å². The number of rotatable bonds is 5. The first kappa shape index (κ1) is 15.3. The van der Waals surface area contributed by atoms with Crippen molar-refractivity contribution in [1.29, 1.82) is 0 Å². The van der Waals surface area contributed by atoms with Crippen molar-refractivity contribution < 1.29 is 19.5 Å². The maximum absolute atomic E-state index is 11.9. The molecule has 0 saturated carbocycles. The summed E-state index contributed by atoms with van der Waals surface area (Å²) in [6.07, 6.45) is 1.45. The normalized spacial score (nSPS) is 18.2. The third-order valence-electron chi connectivity index (χ3n) is 3.34. The first-order valence-corrected chi connectivity index (χ1v) is 6.46.